The predicted octanol–water partition coefficient (Wildman–Crippen LogP) is 4.36. The van der Waals surface area contributed by atoms with Crippen LogP contribution < -0.4 is 0 Å². The Hall–Kier alpha value is -3.60. The molecule has 6 aromatic rings. The van der Waals surface area contributed by atoms with Gasteiger partial charge in [0.15, 0.2) is 5.65 Å². The van der Waals surface area contributed by atoms with Crippen LogP contribution in [-0.2, 0) is 0 Å². The molecule has 0 bridgehead atoms. The van der Waals surface area contributed by atoms with E-state index >= 15 is 0 Å². The Morgan fingerprint density at radius 3 is 1.96 bits per heavy atom. The van der Waals surface area contributed by atoms with Crippen LogP contribution in [-0.4, -0.2) is 24.9 Å². The van der Waals surface area contributed by atoms with Crippen molar-refractivity contribution in [3.8, 4) is 0 Å². The van der Waals surface area contributed by atoms with E-state index in [4.69, 9.17) is 9.97 Å². The van der Waals surface area contributed by atoms with Gasteiger partial charge < -0.3 is 4.98 Å². The number of nitrogens with zero attached hydrogens (tertiary/aromatic N) is 4. The summed E-state index contributed by atoms with van der Waals surface area (Å²) in [6.45, 7) is 0. The molecule has 5 heteroatoms. The normalized spacial score (nSPS) is 12.0. The van der Waals surface area contributed by atoms with Gasteiger partial charge in [-0.1, -0.05) is 18.2 Å². The SMILES string of the molecule is c1ccc2c(c1)[nH]c1nc3c4cccnc4c4ncccc4c3nc12. The quantitative estimate of drug-likeness (QED) is 0.422. The molecule has 116 valence electrons. The molecule has 6 rings (SSSR count). The monoisotopic (exact) mass is 321 g/mol. The second-order valence-corrected chi connectivity index (χ2v) is 6.09. The number of H-pyrrole nitrogens is 1. The fourth-order valence-corrected chi connectivity index (χ4v) is 3.58. The largest absolute Gasteiger partial charge is 0.338 e. The summed E-state index contributed by atoms with van der Waals surface area (Å²) in [5, 5.41) is 3.02. The van der Waals surface area contributed by atoms with E-state index in [1.807, 2.05) is 42.5 Å². The van der Waals surface area contributed by atoms with Crippen molar-refractivity contribution in [3.63, 3.8) is 0 Å². The first-order valence-corrected chi connectivity index (χ1v) is 8.10. The van der Waals surface area contributed by atoms with Crippen LogP contribution in [0.25, 0.3) is 54.9 Å². The summed E-state index contributed by atoms with van der Waals surface area (Å²) in [5.74, 6) is 0. The van der Waals surface area contributed by atoms with Gasteiger partial charge in [0.2, 0.25) is 0 Å². The van der Waals surface area contributed by atoms with Gasteiger partial charge in [-0.05, 0) is 30.3 Å². The molecule has 0 aliphatic carbocycles. The van der Waals surface area contributed by atoms with Crippen molar-refractivity contribution in [2.24, 2.45) is 0 Å². The summed E-state index contributed by atoms with van der Waals surface area (Å²) < 4.78 is 0. The van der Waals surface area contributed by atoms with Crippen LogP contribution in [0.3, 0.4) is 0 Å². The lowest BCUT2D eigenvalue weighted by Gasteiger charge is -2.07. The average Bonchev–Trinajstić information content (AvgIpc) is 3.04. The first kappa shape index (κ1) is 12.8. The van der Waals surface area contributed by atoms with Crippen LogP contribution in [0, 0.1) is 0 Å². The summed E-state index contributed by atoms with van der Waals surface area (Å²) >= 11 is 0. The number of hydrogen-bond donors (Lipinski definition) is 1. The smallest absolute Gasteiger partial charge is 0.157 e. The van der Waals surface area contributed by atoms with E-state index in [0.717, 1.165) is 54.9 Å². The second kappa shape index (κ2) is 4.48. The minimum atomic E-state index is 0.794. The van der Waals surface area contributed by atoms with Crippen molar-refractivity contribution in [1.29, 1.82) is 0 Å². The first-order chi connectivity index (χ1) is 12.4. The second-order valence-electron chi connectivity index (χ2n) is 6.09. The van der Waals surface area contributed by atoms with E-state index in [2.05, 4.69) is 21.0 Å². The third-order valence-corrected chi connectivity index (χ3v) is 4.68. The van der Waals surface area contributed by atoms with Gasteiger partial charge in [0.25, 0.3) is 0 Å². The minimum Gasteiger partial charge on any atom is -0.338 e. The van der Waals surface area contributed by atoms with Crippen LogP contribution in [0.1, 0.15) is 0 Å². The Morgan fingerprint density at radius 1 is 0.560 bits per heavy atom. The molecule has 2 aromatic carbocycles. The molecule has 25 heavy (non-hydrogen) atoms. The number of benzene rings is 2. The highest BCUT2D eigenvalue weighted by atomic mass is 14.9. The Kier molecular flexibility index (Phi) is 2.29. The Balaban J connectivity index is 1.96. The van der Waals surface area contributed by atoms with Crippen LogP contribution in [0.15, 0.2) is 60.9 Å². The lowest BCUT2D eigenvalue weighted by atomic mass is 10.1. The van der Waals surface area contributed by atoms with Crippen molar-refractivity contribution in [3.05, 3.63) is 60.9 Å². The summed E-state index contributed by atoms with van der Waals surface area (Å²) in [4.78, 5) is 22.4. The fraction of sp³-hybridized carbons (Fsp3) is 0. The Bertz CT molecular complexity index is 1450. The van der Waals surface area contributed by atoms with E-state index in [0.29, 0.717) is 0 Å². The molecule has 0 spiro atoms. The molecular formula is C20H11N5. The highest BCUT2D eigenvalue weighted by molar-refractivity contribution is 6.22. The topological polar surface area (TPSA) is 67.3 Å². The summed E-state index contributed by atoms with van der Waals surface area (Å²) in [6.07, 6.45) is 3.58. The molecule has 0 atom stereocenters. The number of fused-ring (bicyclic) bond motifs is 9. The predicted molar refractivity (Wildman–Crippen MR) is 99.5 cm³/mol. The third kappa shape index (κ3) is 1.61. The average molecular weight is 321 g/mol. The zero-order chi connectivity index (χ0) is 16.4. The number of nitrogens with one attached hydrogen (secondary N) is 1. The van der Waals surface area contributed by atoms with Crippen molar-refractivity contribution in [1.82, 2.24) is 24.9 Å². The van der Waals surface area contributed by atoms with Crippen molar-refractivity contribution in [2.45, 2.75) is 0 Å². The van der Waals surface area contributed by atoms with Crippen LogP contribution in [0.4, 0.5) is 0 Å². The van der Waals surface area contributed by atoms with Gasteiger partial charge in [0, 0.05) is 34.1 Å². The molecule has 0 aliphatic heterocycles. The molecule has 0 saturated carbocycles. The standard InChI is InChI=1S/C20H11N5/c1-2-8-14-11(5-1)19-20(23-14)25-18-13-7-4-10-22-16(13)15-12(17(18)24-19)6-3-9-21-15/h1-10H,(H,23,25). The highest BCUT2D eigenvalue weighted by Crippen LogP contribution is 2.33. The van der Waals surface area contributed by atoms with Crippen LogP contribution in [0.5, 0.6) is 0 Å². The van der Waals surface area contributed by atoms with Crippen molar-refractivity contribution < 1.29 is 0 Å². The number of pyridine rings is 2. The van der Waals surface area contributed by atoms with Gasteiger partial charge in [-0.15, -0.1) is 0 Å². The van der Waals surface area contributed by atoms with Gasteiger partial charge in [0.1, 0.15) is 11.0 Å². The van der Waals surface area contributed by atoms with Gasteiger partial charge >= 0.3 is 0 Å². The van der Waals surface area contributed by atoms with Gasteiger partial charge in [0.05, 0.1) is 16.6 Å². The van der Waals surface area contributed by atoms with Crippen LogP contribution in [0.2, 0.25) is 0 Å². The van der Waals surface area contributed by atoms with E-state index in [-0.39, 0.29) is 0 Å². The third-order valence-electron chi connectivity index (χ3n) is 4.68. The molecule has 0 aliphatic rings. The number of aromatic nitrogens is 5. The number of rotatable bonds is 0. The molecule has 4 heterocycles. The fourth-order valence-electron chi connectivity index (χ4n) is 3.58. The Labute approximate surface area is 141 Å². The number of para-hydroxylation sites is 1. The maximum absolute atomic E-state index is 4.98. The molecule has 0 unspecified atom stereocenters. The molecule has 1 N–H and O–H groups in total. The molecule has 0 fully saturated rings. The molecule has 0 radical (unpaired) electrons. The van der Waals surface area contributed by atoms with Crippen molar-refractivity contribution >= 4 is 54.9 Å². The minimum absolute atomic E-state index is 0.794. The summed E-state index contributed by atoms with van der Waals surface area (Å²) in [6, 6.07) is 16.1. The number of hydrogen-bond acceptors (Lipinski definition) is 4. The van der Waals surface area contributed by atoms with E-state index < -0.39 is 0 Å². The maximum Gasteiger partial charge on any atom is 0.157 e. The maximum atomic E-state index is 4.98. The van der Waals surface area contributed by atoms with E-state index in [1.165, 1.54) is 0 Å². The number of aromatic amines is 1. The van der Waals surface area contributed by atoms with E-state index in [9.17, 15) is 0 Å². The van der Waals surface area contributed by atoms with Crippen LogP contribution >= 0.6 is 0 Å². The zero-order valence-electron chi connectivity index (χ0n) is 13.1. The van der Waals surface area contributed by atoms with E-state index in [1.54, 1.807) is 12.4 Å². The first-order valence-electron chi connectivity index (χ1n) is 8.10. The molecule has 5 nitrogen and oxygen atoms in total. The Morgan fingerprint density at radius 2 is 1.20 bits per heavy atom. The highest BCUT2D eigenvalue weighted by Gasteiger charge is 2.15. The molecule has 4 aromatic heterocycles. The lowest BCUT2D eigenvalue weighted by molar-refractivity contribution is 1.35. The summed E-state index contributed by atoms with van der Waals surface area (Å²) in [5.41, 5.74) is 6.15. The van der Waals surface area contributed by atoms with Gasteiger partial charge in [-0.2, -0.15) is 0 Å². The molecule has 0 amide bonds. The molecule has 0 saturated heterocycles. The van der Waals surface area contributed by atoms with Gasteiger partial charge in [-0.3, -0.25) is 9.97 Å². The van der Waals surface area contributed by atoms with Crippen molar-refractivity contribution in [2.75, 3.05) is 0 Å². The molecular weight excluding hydrogens is 310 g/mol. The zero-order valence-corrected chi connectivity index (χ0v) is 13.1. The summed E-state index contributed by atoms with van der Waals surface area (Å²) in [7, 11) is 0. The van der Waals surface area contributed by atoms with Gasteiger partial charge in [-0.25, -0.2) is 9.97 Å². The lowest BCUT2D eigenvalue weighted by Crippen LogP contribution is -1.92.